The van der Waals surface area contributed by atoms with E-state index in [-0.39, 0.29) is 17.9 Å². The highest BCUT2D eigenvalue weighted by Crippen LogP contribution is 2.23. The number of aromatic nitrogens is 1. The van der Waals surface area contributed by atoms with E-state index in [0.29, 0.717) is 22.6 Å². The van der Waals surface area contributed by atoms with E-state index >= 15 is 0 Å². The standard InChI is InChI=1S/C18H21N3O3/c1-4-12(2)20-17(22)13-9-14(11-19-10-13)18(23)21-15-7-5-6-8-16(15)24-3/h5-12H,4H2,1-3H3,(H,20,22)(H,21,23). The van der Waals surface area contributed by atoms with E-state index in [9.17, 15) is 9.59 Å². The summed E-state index contributed by atoms with van der Waals surface area (Å²) in [5, 5.41) is 5.61. The maximum absolute atomic E-state index is 12.4. The third-order valence-corrected chi connectivity index (χ3v) is 3.61. The van der Waals surface area contributed by atoms with Crippen LogP contribution >= 0.6 is 0 Å². The summed E-state index contributed by atoms with van der Waals surface area (Å²) in [5.74, 6) is -0.0431. The Hall–Kier alpha value is -2.89. The zero-order valence-corrected chi connectivity index (χ0v) is 14.0. The minimum absolute atomic E-state index is 0.0589. The lowest BCUT2D eigenvalue weighted by Crippen LogP contribution is -2.32. The molecule has 0 fully saturated rings. The van der Waals surface area contributed by atoms with Crippen molar-refractivity contribution in [3.8, 4) is 5.75 Å². The van der Waals surface area contributed by atoms with Crippen molar-refractivity contribution in [3.05, 3.63) is 53.9 Å². The van der Waals surface area contributed by atoms with Crippen molar-refractivity contribution in [2.45, 2.75) is 26.3 Å². The number of rotatable bonds is 6. The Labute approximate surface area is 141 Å². The van der Waals surface area contributed by atoms with Crippen molar-refractivity contribution in [3.63, 3.8) is 0 Å². The lowest BCUT2D eigenvalue weighted by molar-refractivity contribution is 0.0939. The first-order valence-electron chi connectivity index (χ1n) is 7.75. The molecule has 126 valence electrons. The highest BCUT2D eigenvalue weighted by Gasteiger charge is 2.14. The number of carbonyl (C=O) groups is 2. The smallest absolute Gasteiger partial charge is 0.257 e. The van der Waals surface area contributed by atoms with E-state index in [1.807, 2.05) is 19.9 Å². The number of hydrogen-bond donors (Lipinski definition) is 2. The van der Waals surface area contributed by atoms with E-state index in [1.165, 1.54) is 25.6 Å². The van der Waals surface area contributed by atoms with Gasteiger partial charge in [-0.3, -0.25) is 14.6 Å². The number of carbonyl (C=O) groups excluding carboxylic acids is 2. The van der Waals surface area contributed by atoms with Crippen LogP contribution in [0, 0.1) is 0 Å². The zero-order valence-electron chi connectivity index (χ0n) is 14.0. The van der Waals surface area contributed by atoms with Gasteiger partial charge in [0.05, 0.1) is 23.9 Å². The molecule has 1 unspecified atom stereocenters. The normalized spacial score (nSPS) is 11.5. The molecule has 6 heteroatoms. The number of anilines is 1. The average molecular weight is 327 g/mol. The second-order valence-corrected chi connectivity index (χ2v) is 5.40. The van der Waals surface area contributed by atoms with Crippen LogP contribution in [-0.4, -0.2) is 29.9 Å². The van der Waals surface area contributed by atoms with Gasteiger partial charge >= 0.3 is 0 Å². The number of nitrogens with one attached hydrogen (secondary N) is 2. The third kappa shape index (κ3) is 4.32. The van der Waals surface area contributed by atoms with Crippen LogP contribution in [0.5, 0.6) is 5.75 Å². The van der Waals surface area contributed by atoms with Crippen LogP contribution < -0.4 is 15.4 Å². The molecule has 0 aliphatic carbocycles. The predicted molar refractivity (Wildman–Crippen MR) is 92.4 cm³/mol. The summed E-state index contributed by atoms with van der Waals surface area (Å²) in [7, 11) is 1.53. The van der Waals surface area contributed by atoms with Gasteiger partial charge in [-0.2, -0.15) is 0 Å². The van der Waals surface area contributed by atoms with Crippen molar-refractivity contribution in [1.82, 2.24) is 10.3 Å². The predicted octanol–water partition coefficient (Wildman–Crippen LogP) is 2.87. The number of pyridine rings is 1. The molecular formula is C18H21N3O3. The van der Waals surface area contributed by atoms with Crippen molar-refractivity contribution in [2.75, 3.05) is 12.4 Å². The number of methoxy groups -OCH3 is 1. The van der Waals surface area contributed by atoms with Crippen LogP contribution in [-0.2, 0) is 0 Å². The van der Waals surface area contributed by atoms with Crippen molar-refractivity contribution in [2.24, 2.45) is 0 Å². The van der Waals surface area contributed by atoms with Crippen molar-refractivity contribution >= 4 is 17.5 Å². The SMILES string of the molecule is CCC(C)NC(=O)c1cncc(C(=O)Nc2ccccc2OC)c1. The van der Waals surface area contributed by atoms with E-state index < -0.39 is 0 Å². The van der Waals surface area contributed by atoms with Crippen molar-refractivity contribution in [1.29, 1.82) is 0 Å². The Balaban J connectivity index is 2.16. The molecule has 1 atom stereocenters. The molecule has 0 aliphatic rings. The molecule has 0 saturated carbocycles. The fourth-order valence-corrected chi connectivity index (χ4v) is 2.04. The van der Waals surface area contributed by atoms with Gasteiger partial charge in [-0.25, -0.2) is 0 Å². The highest BCUT2D eigenvalue weighted by atomic mass is 16.5. The summed E-state index contributed by atoms with van der Waals surface area (Å²) in [6.07, 6.45) is 3.69. The van der Waals surface area contributed by atoms with E-state index in [0.717, 1.165) is 6.42 Å². The molecule has 1 aromatic heterocycles. The highest BCUT2D eigenvalue weighted by molar-refractivity contribution is 6.06. The first kappa shape index (κ1) is 17.5. The summed E-state index contributed by atoms with van der Waals surface area (Å²) < 4.78 is 5.21. The molecule has 0 aliphatic heterocycles. The Morgan fingerprint density at radius 2 is 1.83 bits per heavy atom. The Bertz CT molecular complexity index is 731. The number of amides is 2. The van der Waals surface area contributed by atoms with Crippen LogP contribution in [0.4, 0.5) is 5.69 Å². The second-order valence-electron chi connectivity index (χ2n) is 5.40. The maximum atomic E-state index is 12.4. The lowest BCUT2D eigenvalue weighted by atomic mass is 10.1. The number of nitrogens with zero attached hydrogens (tertiary/aromatic N) is 1. The summed E-state index contributed by atoms with van der Waals surface area (Å²) in [4.78, 5) is 28.5. The number of para-hydroxylation sites is 2. The van der Waals surface area contributed by atoms with Gasteiger partial charge in [0.1, 0.15) is 5.75 Å². The summed E-state index contributed by atoms with van der Waals surface area (Å²) >= 11 is 0. The molecule has 24 heavy (non-hydrogen) atoms. The molecule has 2 amide bonds. The third-order valence-electron chi connectivity index (χ3n) is 3.61. The minimum atomic E-state index is -0.356. The number of hydrogen-bond acceptors (Lipinski definition) is 4. The summed E-state index contributed by atoms with van der Waals surface area (Å²) in [6.45, 7) is 3.91. The molecule has 2 N–H and O–H groups in total. The van der Waals surface area contributed by atoms with E-state index in [4.69, 9.17) is 4.74 Å². The molecule has 2 aromatic rings. The van der Waals surface area contributed by atoms with Gasteiger partial charge in [-0.1, -0.05) is 19.1 Å². The monoisotopic (exact) mass is 327 g/mol. The topological polar surface area (TPSA) is 80.3 Å². The van der Waals surface area contributed by atoms with Gasteiger partial charge in [0.2, 0.25) is 0 Å². The average Bonchev–Trinajstić information content (AvgIpc) is 2.62. The number of ether oxygens (including phenoxy) is 1. The Morgan fingerprint density at radius 3 is 2.50 bits per heavy atom. The first-order chi connectivity index (χ1) is 11.5. The fraction of sp³-hybridized carbons (Fsp3) is 0.278. The van der Waals surface area contributed by atoms with Gasteiger partial charge in [0.25, 0.3) is 11.8 Å². The van der Waals surface area contributed by atoms with E-state index in [1.54, 1.807) is 18.2 Å². The molecule has 0 saturated heterocycles. The molecule has 6 nitrogen and oxygen atoms in total. The van der Waals surface area contributed by atoms with Crippen LogP contribution in [0.1, 0.15) is 41.0 Å². The molecule has 0 radical (unpaired) electrons. The summed E-state index contributed by atoms with van der Waals surface area (Å²) in [5.41, 5.74) is 1.21. The second kappa shape index (κ2) is 8.10. The Kier molecular flexibility index (Phi) is 5.89. The van der Waals surface area contributed by atoms with E-state index in [2.05, 4.69) is 15.6 Å². The zero-order chi connectivity index (χ0) is 17.5. The Morgan fingerprint density at radius 1 is 1.17 bits per heavy atom. The van der Waals surface area contributed by atoms with Crippen LogP contribution in [0.25, 0.3) is 0 Å². The minimum Gasteiger partial charge on any atom is -0.495 e. The van der Waals surface area contributed by atoms with Crippen LogP contribution in [0.3, 0.4) is 0 Å². The quantitative estimate of drug-likeness (QED) is 0.855. The molecular weight excluding hydrogens is 306 g/mol. The summed E-state index contributed by atoms with van der Waals surface area (Å²) in [6, 6.07) is 8.69. The first-order valence-corrected chi connectivity index (χ1v) is 7.75. The van der Waals surface area contributed by atoms with Crippen molar-refractivity contribution < 1.29 is 14.3 Å². The molecule has 0 bridgehead atoms. The van der Waals surface area contributed by atoms with Gasteiger partial charge in [-0.15, -0.1) is 0 Å². The molecule has 1 heterocycles. The molecule has 2 rings (SSSR count). The fourth-order valence-electron chi connectivity index (χ4n) is 2.04. The maximum Gasteiger partial charge on any atom is 0.257 e. The molecule has 0 spiro atoms. The molecule has 1 aromatic carbocycles. The van der Waals surface area contributed by atoms with Gasteiger partial charge < -0.3 is 15.4 Å². The van der Waals surface area contributed by atoms with Gasteiger partial charge in [0.15, 0.2) is 0 Å². The van der Waals surface area contributed by atoms with Crippen LogP contribution in [0.15, 0.2) is 42.7 Å². The number of benzene rings is 1. The largest absolute Gasteiger partial charge is 0.495 e. The van der Waals surface area contributed by atoms with Crippen LogP contribution in [0.2, 0.25) is 0 Å². The van der Waals surface area contributed by atoms with Gasteiger partial charge in [-0.05, 0) is 31.5 Å². The lowest BCUT2D eigenvalue weighted by Gasteiger charge is -2.12. The van der Waals surface area contributed by atoms with Gasteiger partial charge in [0, 0.05) is 18.4 Å².